The van der Waals surface area contributed by atoms with Gasteiger partial charge in [-0.1, -0.05) is 18.2 Å². The second-order valence-electron chi connectivity index (χ2n) is 6.21. The monoisotopic (exact) mass is 422 g/mol. The average Bonchev–Trinajstić information content (AvgIpc) is 2.79. The third-order valence-electron chi connectivity index (χ3n) is 4.05. The fourth-order valence-corrected chi connectivity index (χ4v) is 2.60. The number of amides is 1. The number of nitrogens with one attached hydrogen (secondary N) is 1. The summed E-state index contributed by atoms with van der Waals surface area (Å²) in [7, 11) is 1.19. The highest BCUT2D eigenvalue weighted by molar-refractivity contribution is 5.92. The molecule has 0 bridgehead atoms. The van der Waals surface area contributed by atoms with Gasteiger partial charge in [-0.25, -0.2) is 4.79 Å². The quantitative estimate of drug-likeness (QED) is 0.329. The zero-order valence-corrected chi connectivity index (χ0v) is 16.4. The number of benzene rings is 3. The summed E-state index contributed by atoms with van der Waals surface area (Å²) >= 11 is 0. The van der Waals surface area contributed by atoms with Crippen LogP contribution in [0.15, 0.2) is 72.8 Å². The first-order valence-electron chi connectivity index (χ1n) is 9.08. The van der Waals surface area contributed by atoms with E-state index in [1.165, 1.54) is 13.2 Å². The summed E-state index contributed by atoms with van der Waals surface area (Å²) in [5.74, 6) is -0.148. The second-order valence-corrected chi connectivity index (χ2v) is 6.21. The minimum absolute atomic E-state index is 0.0671. The molecule has 0 saturated heterocycles. The molecular formula is C22H18N2O7. The van der Waals surface area contributed by atoms with Crippen LogP contribution in [-0.2, 0) is 9.53 Å². The molecule has 0 fully saturated rings. The summed E-state index contributed by atoms with van der Waals surface area (Å²) in [6, 6.07) is 19.4. The molecule has 0 aliphatic heterocycles. The number of hydrogen-bond acceptors (Lipinski definition) is 7. The van der Waals surface area contributed by atoms with E-state index < -0.39 is 23.4 Å². The number of hydrogen-bond donors (Lipinski definition) is 1. The van der Waals surface area contributed by atoms with Gasteiger partial charge in [0.15, 0.2) is 12.4 Å². The topological polar surface area (TPSA) is 117 Å². The molecule has 0 radical (unpaired) electrons. The number of nitrogens with zero attached hydrogens (tertiary/aromatic N) is 1. The standard InChI is InChI=1S/C22H18N2O7/c1-29-22(26)15-7-12-19(24(27)28)20(13-15)30-14-21(25)23-16-8-10-18(11-9-16)31-17-5-3-2-4-6-17/h2-13H,14H2,1H3,(H,23,25). The van der Waals surface area contributed by atoms with E-state index in [-0.39, 0.29) is 17.0 Å². The van der Waals surface area contributed by atoms with Crippen molar-refractivity contribution in [3.8, 4) is 17.2 Å². The van der Waals surface area contributed by atoms with Crippen molar-refractivity contribution in [3.05, 3.63) is 88.5 Å². The summed E-state index contributed by atoms with van der Waals surface area (Å²) in [5, 5.41) is 13.8. The van der Waals surface area contributed by atoms with Crippen molar-refractivity contribution in [2.24, 2.45) is 0 Å². The van der Waals surface area contributed by atoms with Gasteiger partial charge in [0.05, 0.1) is 17.6 Å². The number of carbonyl (C=O) groups excluding carboxylic acids is 2. The Morgan fingerprint density at radius 3 is 2.29 bits per heavy atom. The molecule has 0 aliphatic rings. The molecule has 9 heteroatoms. The van der Waals surface area contributed by atoms with E-state index in [9.17, 15) is 19.7 Å². The molecule has 0 unspecified atom stereocenters. The number of methoxy groups -OCH3 is 1. The number of para-hydroxylation sites is 1. The third kappa shape index (κ3) is 5.80. The summed E-state index contributed by atoms with van der Waals surface area (Å²) in [6.07, 6.45) is 0. The minimum Gasteiger partial charge on any atom is -0.477 e. The smallest absolute Gasteiger partial charge is 0.337 e. The Hall–Kier alpha value is -4.40. The van der Waals surface area contributed by atoms with Crippen LogP contribution in [-0.4, -0.2) is 30.5 Å². The van der Waals surface area contributed by atoms with E-state index in [2.05, 4.69) is 10.1 Å². The van der Waals surface area contributed by atoms with Gasteiger partial charge in [0.1, 0.15) is 11.5 Å². The maximum absolute atomic E-state index is 12.2. The van der Waals surface area contributed by atoms with Crippen LogP contribution in [0.2, 0.25) is 0 Å². The van der Waals surface area contributed by atoms with Crippen molar-refractivity contribution < 1.29 is 28.7 Å². The summed E-state index contributed by atoms with van der Waals surface area (Å²) in [5.41, 5.74) is 0.187. The summed E-state index contributed by atoms with van der Waals surface area (Å²) in [4.78, 5) is 34.3. The lowest BCUT2D eigenvalue weighted by atomic mass is 10.2. The normalized spacial score (nSPS) is 10.1. The van der Waals surface area contributed by atoms with E-state index in [4.69, 9.17) is 9.47 Å². The Morgan fingerprint density at radius 2 is 1.65 bits per heavy atom. The molecule has 0 aromatic heterocycles. The first-order chi connectivity index (χ1) is 15.0. The van der Waals surface area contributed by atoms with Crippen molar-refractivity contribution in [2.45, 2.75) is 0 Å². The Labute approximate surface area is 177 Å². The molecule has 0 saturated carbocycles. The highest BCUT2D eigenvalue weighted by Crippen LogP contribution is 2.28. The minimum atomic E-state index is -0.679. The number of rotatable bonds is 8. The molecule has 0 aliphatic carbocycles. The molecule has 3 aromatic carbocycles. The van der Waals surface area contributed by atoms with Crippen LogP contribution in [0.1, 0.15) is 10.4 Å². The Morgan fingerprint density at radius 1 is 0.968 bits per heavy atom. The summed E-state index contributed by atoms with van der Waals surface area (Å²) < 4.78 is 15.6. The van der Waals surface area contributed by atoms with Crippen LogP contribution in [0.3, 0.4) is 0 Å². The van der Waals surface area contributed by atoms with Crippen molar-refractivity contribution in [1.82, 2.24) is 0 Å². The van der Waals surface area contributed by atoms with Gasteiger partial charge in [0, 0.05) is 17.8 Å². The van der Waals surface area contributed by atoms with Crippen LogP contribution in [0.4, 0.5) is 11.4 Å². The van der Waals surface area contributed by atoms with Crippen LogP contribution < -0.4 is 14.8 Å². The van der Waals surface area contributed by atoms with Crippen molar-refractivity contribution in [2.75, 3.05) is 19.0 Å². The fraction of sp³-hybridized carbons (Fsp3) is 0.0909. The molecule has 31 heavy (non-hydrogen) atoms. The van der Waals surface area contributed by atoms with E-state index >= 15 is 0 Å². The predicted octanol–water partition coefficient (Wildman–Crippen LogP) is 4.19. The number of nitro benzene ring substituents is 1. The Bertz CT molecular complexity index is 1080. The Balaban J connectivity index is 1.61. The predicted molar refractivity (Wildman–Crippen MR) is 112 cm³/mol. The number of nitro groups is 1. The van der Waals surface area contributed by atoms with Crippen LogP contribution in [0, 0.1) is 10.1 Å². The van der Waals surface area contributed by atoms with Gasteiger partial charge in [-0.15, -0.1) is 0 Å². The fourth-order valence-electron chi connectivity index (χ4n) is 2.60. The molecule has 1 N–H and O–H groups in total. The molecule has 0 heterocycles. The SMILES string of the molecule is COC(=O)c1ccc([N+](=O)[O-])c(OCC(=O)Nc2ccc(Oc3ccccc3)cc2)c1. The number of anilines is 1. The van der Waals surface area contributed by atoms with Crippen molar-refractivity contribution in [3.63, 3.8) is 0 Å². The lowest BCUT2D eigenvalue weighted by molar-refractivity contribution is -0.385. The van der Waals surface area contributed by atoms with E-state index in [1.54, 1.807) is 24.3 Å². The molecule has 0 spiro atoms. The lowest BCUT2D eigenvalue weighted by Crippen LogP contribution is -2.20. The second kappa shape index (κ2) is 9.88. The van der Waals surface area contributed by atoms with Crippen LogP contribution >= 0.6 is 0 Å². The van der Waals surface area contributed by atoms with Gasteiger partial charge in [0.2, 0.25) is 0 Å². The van der Waals surface area contributed by atoms with E-state index in [0.717, 1.165) is 12.1 Å². The first kappa shape index (κ1) is 21.3. The van der Waals surface area contributed by atoms with Gasteiger partial charge < -0.3 is 19.5 Å². The summed E-state index contributed by atoms with van der Waals surface area (Å²) in [6.45, 7) is -0.492. The van der Waals surface area contributed by atoms with E-state index in [0.29, 0.717) is 17.2 Å². The van der Waals surface area contributed by atoms with E-state index in [1.807, 2.05) is 30.3 Å². The third-order valence-corrected chi connectivity index (χ3v) is 4.05. The number of carbonyl (C=O) groups is 2. The van der Waals surface area contributed by atoms with Gasteiger partial charge in [-0.2, -0.15) is 0 Å². The van der Waals surface area contributed by atoms with Crippen LogP contribution in [0.5, 0.6) is 17.2 Å². The number of ether oxygens (including phenoxy) is 3. The Kier molecular flexibility index (Phi) is 6.79. The molecule has 3 rings (SSSR count). The number of esters is 1. The zero-order valence-electron chi connectivity index (χ0n) is 16.4. The van der Waals surface area contributed by atoms with Gasteiger partial charge in [-0.3, -0.25) is 14.9 Å². The highest BCUT2D eigenvalue weighted by Gasteiger charge is 2.19. The first-order valence-corrected chi connectivity index (χ1v) is 9.08. The lowest BCUT2D eigenvalue weighted by Gasteiger charge is -2.10. The molecule has 158 valence electrons. The molecule has 3 aromatic rings. The largest absolute Gasteiger partial charge is 0.477 e. The molecular weight excluding hydrogens is 404 g/mol. The molecule has 0 atom stereocenters. The van der Waals surface area contributed by atoms with Crippen LogP contribution in [0.25, 0.3) is 0 Å². The average molecular weight is 422 g/mol. The maximum atomic E-state index is 12.2. The van der Waals surface area contributed by atoms with Crippen molar-refractivity contribution >= 4 is 23.3 Å². The molecule has 9 nitrogen and oxygen atoms in total. The molecule has 1 amide bonds. The van der Waals surface area contributed by atoms with Gasteiger partial charge in [-0.05, 0) is 42.5 Å². The highest BCUT2D eigenvalue weighted by atomic mass is 16.6. The van der Waals surface area contributed by atoms with Crippen molar-refractivity contribution in [1.29, 1.82) is 0 Å². The maximum Gasteiger partial charge on any atom is 0.337 e. The zero-order chi connectivity index (χ0) is 22.2. The van der Waals surface area contributed by atoms with Gasteiger partial charge in [0.25, 0.3) is 5.91 Å². The van der Waals surface area contributed by atoms with Gasteiger partial charge >= 0.3 is 11.7 Å².